The number of para-hydroxylation sites is 1. The highest BCUT2D eigenvalue weighted by Crippen LogP contribution is 2.64. The number of ketones is 1. The van der Waals surface area contributed by atoms with E-state index in [4.69, 9.17) is 11.6 Å². The molecule has 4 amide bonds. The predicted octanol–water partition coefficient (Wildman–Crippen LogP) is 5.68. The van der Waals surface area contributed by atoms with Gasteiger partial charge >= 0.3 is 0 Å². The fraction of sp³-hybridized carbons (Fsp3) is 0.286. The molecular formula is C35H29ClN2O6. The Kier molecular flexibility index (Phi) is 6.41. The van der Waals surface area contributed by atoms with E-state index in [1.54, 1.807) is 61.5 Å². The van der Waals surface area contributed by atoms with Gasteiger partial charge < -0.3 is 5.11 Å². The summed E-state index contributed by atoms with van der Waals surface area (Å²) in [5.41, 5.74) is 1.50. The van der Waals surface area contributed by atoms with Crippen molar-refractivity contribution in [2.24, 2.45) is 29.1 Å². The summed E-state index contributed by atoms with van der Waals surface area (Å²) >= 11 is 6.73. The molecule has 6 atom stereocenters. The summed E-state index contributed by atoms with van der Waals surface area (Å²) in [7, 11) is 0. The first-order chi connectivity index (χ1) is 21.0. The second-order valence-electron chi connectivity index (χ2n) is 12.3. The lowest BCUT2D eigenvalue weighted by atomic mass is 9.51. The van der Waals surface area contributed by atoms with Gasteiger partial charge in [-0.15, -0.1) is 0 Å². The Morgan fingerprint density at radius 3 is 2.20 bits per heavy atom. The molecule has 0 radical (unpaired) electrons. The molecule has 3 fully saturated rings. The molecule has 0 bridgehead atoms. The van der Waals surface area contributed by atoms with Gasteiger partial charge in [-0.1, -0.05) is 47.5 Å². The number of phenolic OH excluding ortho intramolecular Hbond substituents is 1. The fourth-order valence-electron chi connectivity index (χ4n) is 8.03. The Labute approximate surface area is 258 Å². The van der Waals surface area contributed by atoms with Crippen molar-refractivity contribution < 1.29 is 29.1 Å². The van der Waals surface area contributed by atoms with Gasteiger partial charge in [-0.05, 0) is 86.7 Å². The van der Waals surface area contributed by atoms with Crippen LogP contribution in [0.4, 0.5) is 11.4 Å². The number of rotatable bonds is 4. The average Bonchev–Trinajstić information content (AvgIpc) is 3.37. The molecule has 0 unspecified atom stereocenters. The van der Waals surface area contributed by atoms with E-state index in [0.717, 1.165) is 5.57 Å². The van der Waals surface area contributed by atoms with Gasteiger partial charge in [0.15, 0.2) is 5.78 Å². The molecule has 1 saturated carbocycles. The van der Waals surface area contributed by atoms with Crippen LogP contribution >= 0.6 is 11.6 Å². The maximum absolute atomic E-state index is 14.4. The number of benzene rings is 3. The number of amides is 4. The minimum atomic E-state index is -1.23. The van der Waals surface area contributed by atoms with E-state index in [-0.39, 0.29) is 46.6 Å². The van der Waals surface area contributed by atoms with Gasteiger partial charge in [0.05, 0.1) is 34.5 Å². The largest absolute Gasteiger partial charge is 0.508 e. The monoisotopic (exact) mass is 608 g/mol. The van der Waals surface area contributed by atoms with E-state index in [2.05, 4.69) is 0 Å². The Hall–Kier alpha value is -4.56. The van der Waals surface area contributed by atoms with E-state index in [9.17, 15) is 29.1 Å². The van der Waals surface area contributed by atoms with Crippen LogP contribution in [0.5, 0.6) is 5.75 Å². The number of hydrogen-bond donors (Lipinski definition) is 1. The van der Waals surface area contributed by atoms with Gasteiger partial charge in [0, 0.05) is 16.5 Å². The van der Waals surface area contributed by atoms with Crippen LogP contribution < -0.4 is 9.80 Å². The van der Waals surface area contributed by atoms with Gasteiger partial charge in [-0.25, -0.2) is 4.90 Å². The number of carbonyl (C=O) groups excluding carboxylic acids is 5. The zero-order valence-electron chi connectivity index (χ0n) is 24.1. The van der Waals surface area contributed by atoms with Crippen LogP contribution in [0.15, 0.2) is 84.4 Å². The van der Waals surface area contributed by atoms with Gasteiger partial charge in [-0.3, -0.25) is 28.9 Å². The van der Waals surface area contributed by atoms with Crippen LogP contribution in [-0.4, -0.2) is 34.5 Å². The smallest absolute Gasteiger partial charge is 0.241 e. The molecular weight excluding hydrogens is 580 g/mol. The van der Waals surface area contributed by atoms with Crippen molar-refractivity contribution in [1.82, 2.24) is 0 Å². The second-order valence-corrected chi connectivity index (χ2v) is 12.7. The normalized spacial score (nSPS) is 29.3. The summed E-state index contributed by atoms with van der Waals surface area (Å²) < 4.78 is 0. The lowest BCUT2D eigenvalue weighted by Crippen LogP contribution is -2.49. The number of imide groups is 2. The van der Waals surface area contributed by atoms with Crippen LogP contribution in [0, 0.1) is 29.1 Å². The number of fused-ring (bicyclic) bond motifs is 4. The molecule has 4 aliphatic rings. The fourth-order valence-corrected chi connectivity index (χ4v) is 8.32. The number of carbonyl (C=O) groups is 5. The van der Waals surface area contributed by atoms with Crippen molar-refractivity contribution in [2.75, 3.05) is 9.80 Å². The first-order valence-electron chi connectivity index (χ1n) is 14.6. The van der Waals surface area contributed by atoms with Crippen molar-refractivity contribution in [1.29, 1.82) is 0 Å². The molecule has 222 valence electrons. The molecule has 3 aromatic rings. The lowest BCUT2D eigenvalue weighted by Gasteiger charge is -2.49. The molecule has 0 aromatic heterocycles. The van der Waals surface area contributed by atoms with Gasteiger partial charge in [-0.2, -0.15) is 0 Å². The standard InChI is InChI=1S/C35H29ClN2O6/c1-18(39)19-8-10-21(11-9-19)37-31(41)25-15-14-23-26(29(25)33(37)43)17-27-32(42)38(20-6-4-3-5-7-20)34(44)35(27,2)30(23)24-13-12-22(40)16-28(24)36/h3-14,16,25-27,29-30,40H,15,17H2,1-2H3/t25-,26+,27-,29-,30+,35+/m0/s1. The van der Waals surface area contributed by atoms with Crippen LogP contribution in [0.2, 0.25) is 5.02 Å². The number of aromatic hydroxyl groups is 1. The van der Waals surface area contributed by atoms with Crippen LogP contribution in [-0.2, 0) is 19.2 Å². The average molecular weight is 609 g/mol. The molecule has 2 aliphatic heterocycles. The predicted molar refractivity (Wildman–Crippen MR) is 163 cm³/mol. The van der Waals surface area contributed by atoms with Crippen LogP contribution in [0.25, 0.3) is 0 Å². The minimum Gasteiger partial charge on any atom is -0.508 e. The lowest BCUT2D eigenvalue weighted by molar-refractivity contribution is -0.131. The quantitative estimate of drug-likeness (QED) is 0.232. The third-order valence-corrected chi connectivity index (χ3v) is 10.4. The van der Waals surface area contributed by atoms with Crippen molar-refractivity contribution in [2.45, 2.75) is 32.6 Å². The number of hydrogen-bond acceptors (Lipinski definition) is 6. The molecule has 2 aliphatic carbocycles. The van der Waals surface area contributed by atoms with E-state index < -0.39 is 35.0 Å². The molecule has 3 aromatic carbocycles. The molecule has 1 N–H and O–H groups in total. The second kappa shape index (κ2) is 9.99. The summed E-state index contributed by atoms with van der Waals surface area (Å²) in [5.74, 6) is -4.83. The molecule has 8 nitrogen and oxygen atoms in total. The molecule has 7 rings (SSSR count). The Balaban J connectivity index is 1.35. The maximum atomic E-state index is 14.4. The van der Waals surface area contributed by atoms with E-state index in [1.807, 2.05) is 12.1 Å². The molecule has 2 heterocycles. The van der Waals surface area contributed by atoms with Crippen LogP contribution in [0.3, 0.4) is 0 Å². The Bertz CT molecular complexity index is 1800. The summed E-state index contributed by atoms with van der Waals surface area (Å²) in [5, 5.41) is 10.4. The van der Waals surface area contributed by atoms with Gasteiger partial charge in [0.2, 0.25) is 23.6 Å². The summed E-state index contributed by atoms with van der Waals surface area (Å²) in [6, 6.07) is 19.8. The first-order valence-corrected chi connectivity index (χ1v) is 15.0. The number of anilines is 2. The maximum Gasteiger partial charge on any atom is 0.241 e. The van der Waals surface area contributed by atoms with Gasteiger partial charge in [0.25, 0.3) is 0 Å². The number of Topliss-reactive ketones (excluding diaryl/α,β-unsaturated/α-hetero) is 1. The van der Waals surface area contributed by atoms with Crippen molar-refractivity contribution in [3.63, 3.8) is 0 Å². The highest BCUT2D eigenvalue weighted by atomic mass is 35.5. The molecule has 0 spiro atoms. The summed E-state index contributed by atoms with van der Waals surface area (Å²) in [6.07, 6.45) is 2.47. The SMILES string of the molecule is CC(=O)c1ccc(N2C(=O)[C@H]3[C@H](CC=C4[C@H]3C[C@H]3C(=O)N(c5ccccc5)C(=O)[C@@]3(C)[C@H]4c3ccc(O)cc3Cl)C2=O)cc1. The highest BCUT2D eigenvalue weighted by Gasteiger charge is 2.67. The minimum absolute atomic E-state index is 0.0340. The molecule has 44 heavy (non-hydrogen) atoms. The van der Waals surface area contributed by atoms with E-state index >= 15 is 0 Å². The van der Waals surface area contributed by atoms with Crippen LogP contribution in [0.1, 0.15) is 48.5 Å². The van der Waals surface area contributed by atoms with E-state index in [0.29, 0.717) is 28.9 Å². The third-order valence-electron chi connectivity index (χ3n) is 10.1. The zero-order chi connectivity index (χ0) is 31.1. The van der Waals surface area contributed by atoms with Crippen molar-refractivity contribution in [3.8, 4) is 5.75 Å². The third kappa shape index (κ3) is 3.86. The summed E-state index contributed by atoms with van der Waals surface area (Å²) in [6.45, 7) is 3.24. The summed E-state index contributed by atoms with van der Waals surface area (Å²) in [4.78, 5) is 70.8. The topological polar surface area (TPSA) is 112 Å². The van der Waals surface area contributed by atoms with Gasteiger partial charge in [0.1, 0.15) is 5.75 Å². The Morgan fingerprint density at radius 2 is 1.55 bits per heavy atom. The number of halogens is 1. The first kappa shape index (κ1) is 28.2. The molecule has 2 saturated heterocycles. The number of allylic oxidation sites excluding steroid dienone is 2. The van der Waals surface area contributed by atoms with Crippen molar-refractivity contribution in [3.05, 3.63) is 101 Å². The number of phenols is 1. The highest BCUT2D eigenvalue weighted by molar-refractivity contribution is 6.32. The molecule has 9 heteroatoms. The zero-order valence-corrected chi connectivity index (χ0v) is 24.8. The number of nitrogens with zero attached hydrogens (tertiary/aromatic N) is 2. The van der Waals surface area contributed by atoms with E-state index in [1.165, 1.54) is 28.9 Å². The van der Waals surface area contributed by atoms with Crippen molar-refractivity contribution >= 4 is 52.4 Å². The Morgan fingerprint density at radius 1 is 0.864 bits per heavy atom.